The van der Waals surface area contributed by atoms with Crippen molar-refractivity contribution in [3.05, 3.63) is 54.2 Å². The lowest BCUT2D eigenvalue weighted by Gasteiger charge is -2.07. The summed E-state index contributed by atoms with van der Waals surface area (Å²) in [6, 6.07) is 14.2. The van der Waals surface area contributed by atoms with Crippen LogP contribution in [0, 0.1) is 0 Å². The van der Waals surface area contributed by atoms with Gasteiger partial charge in [-0.2, -0.15) is 0 Å². The van der Waals surface area contributed by atoms with Gasteiger partial charge in [-0.25, -0.2) is 4.98 Å². The molecule has 0 spiro atoms. The van der Waals surface area contributed by atoms with Gasteiger partial charge in [0.05, 0.1) is 24.3 Å². The number of methoxy groups -OCH3 is 1. The second-order valence-corrected chi connectivity index (χ2v) is 5.69. The summed E-state index contributed by atoms with van der Waals surface area (Å²) in [4.78, 5) is 10.3. The van der Waals surface area contributed by atoms with Crippen LogP contribution in [0.15, 0.2) is 53.6 Å². The zero-order chi connectivity index (χ0) is 15.4. The number of thioether (sulfide) groups is 1. The average Bonchev–Trinajstić information content (AvgIpc) is 2.59. The van der Waals surface area contributed by atoms with E-state index in [1.807, 2.05) is 18.2 Å². The van der Waals surface area contributed by atoms with E-state index in [0.29, 0.717) is 0 Å². The van der Waals surface area contributed by atoms with Crippen molar-refractivity contribution in [2.24, 2.45) is 0 Å². The maximum absolute atomic E-state index is 5.19. The fourth-order valence-electron chi connectivity index (χ4n) is 2.14. The van der Waals surface area contributed by atoms with Crippen molar-refractivity contribution in [1.29, 1.82) is 0 Å². The van der Waals surface area contributed by atoms with Gasteiger partial charge in [0.1, 0.15) is 11.6 Å². The number of benzene rings is 2. The molecule has 22 heavy (non-hydrogen) atoms. The van der Waals surface area contributed by atoms with Gasteiger partial charge < -0.3 is 10.1 Å². The Morgan fingerprint density at radius 3 is 2.64 bits per heavy atom. The van der Waals surface area contributed by atoms with Crippen LogP contribution in [0.3, 0.4) is 0 Å². The Balaban J connectivity index is 1.73. The molecule has 112 valence electrons. The molecular weight excluding hydrogens is 294 g/mol. The van der Waals surface area contributed by atoms with Gasteiger partial charge in [-0.1, -0.05) is 12.1 Å². The lowest BCUT2D eigenvalue weighted by Crippen LogP contribution is -2.02. The number of ether oxygens (including phenoxy) is 1. The summed E-state index contributed by atoms with van der Waals surface area (Å²) in [6.07, 6.45) is 3.82. The minimum Gasteiger partial charge on any atom is -0.497 e. The fraction of sp³-hybridized carbons (Fsp3) is 0.176. The molecule has 3 rings (SSSR count). The Labute approximate surface area is 133 Å². The molecule has 1 aromatic heterocycles. The summed E-state index contributed by atoms with van der Waals surface area (Å²) in [5.74, 6) is 1.56. The number of fused-ring (bicyclic) bond motifs is 1. The van der Waals surface area contributed by atoms with Gasteiger partial charge in [-0.3, -0.25) is 4.98 Å². The topological polar surface area (TPSA) is 47.0 Å². The van der Waals surface area contributed by atoms with Crippen molar-refractivity contribution in [3.8, 4) is 5.75 Å². The molecule has 0 bridgehead atoms. The van der Waals surface area contributed by atoms with E-state index < -0.39 is 0 Å². The van der Waals surface area contributed by atoms with Gasteiger partial charge >= 0.3 is 0 Å². The first-order valence-corrected chi connectivity index (χ1v) is 8.18. The van der Waals surface area contributed by atoms with E-state index in [-0.39, 0.29) is 0 Å². The third-order valence-corrected chi connectivity index (χ3v) is 4.13. The van der Waals surface area contributed by atoms with Crippen LogP contribution in [0.1, 0.15) is 5.56 Å². The van der Waals surface area contributed by atoms with Crippen molar-refractivity contribution >= 4 is 28.6 Å². The number of anilines is 1. The molecule has 1 heterocycles. The monoisotopic (exact) mass is 311 g/mol. The van der Waals surface area contributed by atoms with Crippen LogP contribution in [-0.2, 0) is 6.54 Å². The van der Waals surface area contributed by atoms with Crippen molar-refractivity contribution in [2.45, 2.75) is 11.4 Å². The predicted molar refractivity (Wildman–Crippen MR) is 91.6 cm³/mol. The molecule has 0 aliphatic carbocycles. The minimum absolute atomic E-state index is 0.727. The normalized spacial score (nSPS) is 10.6. The first-order valence-electron chi connectivity index (χ1n) is 6.96. The zero-order valence-electron chi connectivity index (χ0n) is 12.5. The van der Waals surface area contributed by atoms with E-state index in [2.05, 4.69) is 45.8 Å². The molecule has 2 aromatic carbocycles. The molecular formula is C17H17N3OS. The van der Waals surface area contributed by atoms with Crippen molar-refractivity contribution in [2.75, 3.05) is 18.7 Å². The highest BCUT2D eigenvalue weighted by atomic mass is 32.2. The Hall–Kier alpha value is -2.27. The first-order chi connectivity index (χ1) is 10.8. The summed E-state index contributed by atoms with van der Waals surface area (Å²) in [7, 11) is 1.65. The number of nitrogens with one attached hydrogen (secondary N) is 1. The van der Waals surface area contributed by atoms with Crippen LogP contribution in [0.4, 0.5) is 5.82 Å². The standard InChI is InChI=1S/C17H17N3OS/c1-21-13-5-8-15-16(9-13)18-11-17(20-15)19-10-12-3-6-14(22-2)7-4-12/h3-9,11H,10H2,1-2H3,(H,19,20). The molecule has 0 unspecified atom stereocenters. The molecule has 0 fully saturated rings. The highest BCUT2D eigenvalue weighted by molar-refractivity contribution is 7.98. The zero-order valence-corrected chi connectivity index (χ0v) is 13.4. The van der Waals surface area contributed by atoms with Crippen LogP contribution >= 0.6 is 11.8 Å². The van der Waals surface area contributed by atoms with Gasteiger partial charge in [-0.15, -0.1) is 11.8 Å². The van der Waals surface area contributed by atoms with E-state index in [4.69, 9.17) is 4.74 Å². The molecule has 5 heteroatoms. The minimum atomic E-state index is 0.727. The number of aromatic nitrogens is 2. The third kappa shape index (κ3) is 3.31. The molecule has 0 saturated heterocycles. The first kappa shape index (κ1) is 14.7. The fourth-order valence-corrected chi connectivity index (χ4v) is 2.55. The second-order valence-electron chi connectivity index (χ2n) is 4.81. The van der Waals surface area contributed by atoms with E-state index in [1.54, 1.807) is 25.1 Å². The quantitative estimate of drug-likeness (QED) is 0.722. The van der Waals surface area contributed by atoms with Crippen molar-refractivity contribution in [3.63, 3.8) is 0 Å². The largest absolute Gasteiger partial charge is 0.497 e. The van der Waals surface area contributed by atoms with Gasteiger partial charge in [0.15, 0.2) is 0 Å². The Morgan fingerprint density at radius 1 is 1.09 bits per heavy atom. The van der Waals surface area contributed by atoms with Crippen molar-refractivity contribution in [1.82, 2.24) is 9.97 Å². The summed E-state index contributed by atoms with van der Waals surface area (Å²) in [5.41, 5.74) is 2.90. The predicted octanol–water partition coefficient (Wildman–Crippen LogP) is 3.97. The number of nitrogens with zero attached hydrogens (tertiary/aromatic N) is 2. The van der Waals surface area contributed by atoms with Crippen LogP contribution in [0.25, 0.3) is 11.0 Å². The number of hydrogen-bond acceptors (Lipinski definition) is 5. The smallest absolute Gasteiger partial charge is 0.145 e. The van der Waals surface area contributed by atoms with Gasteiger partial charge in [0.2, 0.25) is 0 Å². The Bertz CT molecular complexity index is 774. The van der Waals surface area contributed by atoms with Crippen molar-refractivity contribution < 1.29 is 4.74 Å². The van der Waals surface area contributed by atoms with E-state index >= 15 is 0 Å². The lowest BCUT2D eigenvalue weighted by molar-refractivity contribution is 0.415. The maximum atomic E-state index is 5.19. The summed E-state index contributed by atoms with van der Waals surface area (Å²) >= 11 is 1.74. The van der Waals surface area contributed by atoms with Gasteiger partial charge in [0, 0.05) is 17.5 Å². The van der Waals surface area contributed by atoms with Gasteiger partial charge in [-0.05, 0) is 36.1 Å². The van der Waals surface area contributed by atoms with E-state index in [9.17, 15) is 0 Å². The van der Waals surface area contributed by atoms with Crippen LogP contribution in [0.5, 0.6) is 5.75 Å². The van der Waals surface area contributed by atoms with Crippen LogP contribution in [-0.4, -0.2) is 23.3 Å². The second kappa shape index (κ2) is 6.66. The summed E-state index contributed by atoms with van der Waals surface area (Å²) in [6.45, 7) is 0.727. The molecule has 0 aliphatic heterocycles. The summed E-state index contributed by atoms with van der Waals surface area (Å²) < 4.78 is 5.19. The van der Waals surface area contributed by atoms with Gasteiger partial charge in [0.25, 0.3) is 0 Å². The lowest BCUT2D eigenvalue weighted by atomic mass is 10.2. The molecule has 0 saturated carbocycles. The number of hydrogen-bond donors (Lipinski definition) is 1. The molecule has 0 radical (unpaired) electrons. The molecule has 1 N–H and O–H groups in total. The Kier molecular flexibility index (Phi) is 4.44. The molecule has 0 atom stereocenters. The average molecular weight is 311 g/mol. The maximum Gasteiger partial charge on any atom is 0.145 e. The Morgan fingerprint density at radius 2 is 1.91 bits per heavy atom. The highest BCUT2D eigenvalue weighted by Gasteiger charge is 2.02. The molecule has 3 aromatic rings. The molecule has 0 amide bonds. The van der Waals surface area contributed by atoms with Crippen LogP contribution < -0.4 is 10.1 Å². The number of rotatable bonds is 5. The third-order valence-electron chi connectivity index (χ3n) is 3.38. The van der Waals surface area contributed by atoms with Crippen LogP contribution in [0.2, 0.25) is 0 Å². The highest BCUT2D eigenvalue weighted by Crippen LogP contribution is 2.19. The molecule has 0 aliphatic rings. The van der Waals surface area contributed by atoms with E-state index in [1.165, 1.54) is 10.5 Å². The molecule has 4 nitrogen and oxygen atoms in total. The van der Waals surface area contributed by atoms with E-state index in [0.717, 1.165) is 29.1 Å². The SMILES string of the molecule is COc1ccc2nc(NCc3ccc(SC)cc3)cnc2c1. The summed E-state index contributed by atoms with van der Waals surface area (Å²) in [5, 5.41) is 3.31.